The Morgan fingerprint density at radius 1 is 1.14 bits per heavy atom. The molecule has 0 bridgehead atoms. The molecule has 0 atom stereocenters. The number of hydrogen-bond donors (Lipinski definition) is 1. The van der Waals surface area contributed by atoms with E-state index in [0.717, 1.165) is 48.4 Å². The van der Waals surface area contributed by atoms with E-state index in [1.807, 2.05) is 6.07 Å². The SMILES string of the molecule is CCCNc1ncnc(-c2ccc(C)c(F)c2)c1CCC. The van der Waals surface area contributed by atoms with Crippen LogP contribution in [0.15, 0.2) is 24.5 Å². The summed E-state index contributed by atoms with van der Waals surface area (Å²) in [5, 5.41) is 3.34. The van der Waals surface area contributed by atoms with E-state index in [9.17, 15) is 4.39 Å². The molecule has 0 saturated heterocycles. The first-order chi connectivity index (χ1) is 10.2. The minimum absolute atomic E-state index is 0.198. The van der Waals surface area contributed by atoms with E-state index in [-0.39, 0.29) is 5.82 Å². The van der Waals surface area contributed by atoms with Gasteiger partial charge in [-0.15, -0.1) is 0 Å². The Labute approximate surface area is 125 Å². The predicted octanol–water partition coefficient (Wildman–Crippen LogP) is 4.37. The molecule has 21 heavy (non-hydrogen) atoms. The van der Waals surface area contributed by atoms with Gasteiger partial charge in [-0.3, -0.25) is 0 Å². The minimum Gasteiger partial charge on any atom is -0.370 e. The van der Waals surface area contributed by atoms with Crippen LogP contribution in [0.2, 0.25) is 0 Å². The third-order valence-electron chi connectivity index (χ3n) is 3.43. The fraction of sp³-hybridized carbons (Fsp3) is 0.412. The summed E-state index contributed by atoms with van der Waals surface area (Å²) in [5.41, 5.74) is 3.35. The predicted molar refractivity (Wildman–Crippen MR) is 84.9 cm³/mol. The molecule has 1 aromatic carbocycles. The number of hydrogen-bond acceptors (Lipinski definition) is 3. The first-order valence-electron chi connectivity index (χ1n) is 7.51. The molecule has 4 heteroatoms. The lowest BCUT2D eigenvalue weighted by molar-refractivity contribution is 0.619. The van der Waals surface area contributed by atoms with E-state index in [4.69, 9.17) is 0 Å². The average molecular weight is 287 g/mol. The molecule has 0 aliphatic carbocycles. The lowest BCUT2D eigenvalue weighted by Gasteiger charge is -2.14. The van der Waals surface area contributed by atoms with Crippen LogP contribution in [0.3, 0.4) is 0 Å². The molecule has 1 aromatic heterocycles. The Kier molecular flexibility index (Phi) is 5.26. The standard InChI is InChI=1S/C17H22FN3/c1-4-6-14-16(13-8-7-12(3)15(18)10-13)20-11-21-17(14)19-9-5-2/h7-8,10-11H,4-6,9H2,1-3H3,(H,19,20,21). The van der Waals surface area contributed by atoms with Crippen LogP contribution in [0.1, 0.15) is 37.8 Å². The van der Waals surface area contributed by atoms with Gasteiger partial charge in [0.15, 0.2) is 0 Å². The number of nitrogens with zero attached hydrogens (tertiary/aromatic N) is 2. The lowest BCUT2D eigenvalue weighted by Crippen LogP contribution is -2.08. The van der Waals surface area contributed by atoms with Crippen LogP contribution in [0.4, 0.5) is 10.2 Å². The maximum Gasteiger partial charge on any atom is 0.133 e. The van der Waals surface area contributed by atoms with Gasteiger partial charge in [0.2, 0.25) is 0 Å². The molecule has 0 radical (unpaired) electrons. The van der Waals surface area contributed by atoms with Gasteiger partial charge in [-0.05, 0) is 31.4 Å². The van der Waals surface area contributed by atoms with Crippen molar-refractivity contribution in [3.63, 3.8) is 0 Å². The topological polar surface area (TPSA) is 37.8 Å². The van der Waals surface area contributed by atoms with Gasteiger partial charge in [0.25, 0.3) is 0 Å². The van der Waals surface area contributed by atoms with Crippen LogP contribution in [0.25, 0.3) is 11.3 Å². The van der Waals surface area contributed by atoms with Crippen LogP contribution in [-0.4, -0.2) is 16.5 Å². The number of nitrogens with one attached hydrogen (secondary N) is 1. The van der Waals surface area contributed by atoms with E-state index in [1.165, 1.54) is 0 Å². The van der Waals surface area contributed by atoms with Crippen molar-refractivity contribution in [1.29, 1.82) is 0 Å². The summed E-state index contributed by atoms with van der Waals surface area (Å²) in [7, 11) is 0. The van der Waals surface area contributed by atoms with E-state index < -0.39 is 0 Å². The number of aromatic nitrogens is 2. The largest absolute Gasteiger partial charge is 0.370 e. The second-order valence-electron chi connectivity index (χ2n) is 5.19. The van der Waals surface area contributed by atoms with Crippen molar-refractivity contribution in [2.24, 2.45) is 0 Å². The average Bonchev–Trinajstić information content (AvgIpc) is 2.49. The van der Waals surface area contributed by atoms with E-state index in [0.29, 0.717) is 5.56 Å². The van der Waals surface area contributed by atoms with Crippen LogP contribution >= 0.6 is 0 Å². The van der Waals surface area contributed by atoms with E-state index >= 15 is 0 Å². The maximum absolute atomic E-state index is 13.8. The normalized spacial score (nSPS) is 10.7. The number of halogens is 1. The summed E-state index contributed by atoms with van der Waals surface area (Å²) in [4.78, 5) is 8.73. The highest BCUT2D eigenvalue weighted by Gasteiger charge is 2.13. The molecule has 1 heterocycles. The molecule has 3 nitrogen and oxygen atoms in total. The fourth-order valence-corrected chi connectivity index (χ4v) is 2.28. The zero-order chi connectivity index (χ0) is 15.2. The van der Waals surface area contributed by atoms with E-state index in [2.05, 4.69) is 29.1 Å². The molecule has 112 valence electrons. The van der Waals surface area contributed by atoms with Crippen molar-refractivity contribution in [3.8, 4) is 11.3 Å². The van der Waals surface area contributed by atoms with Gasteiger partial charge < -0.3 is 5.32 Å². The minimum atomic E-state index is -0.198. The number of aryl methyl sites for hydroxylation is 1. The first kappa shape index (κ1) is 15.4. The highest BCUT2D eigenvalue weighted by molar-refractivity contribution is 5.68. The van der Waals surface area contributed by atoms with Crippen molar-refractivity contribution in [2.75, 3.05) is 11.9 Å². The number of anilines is 1. The van der Waals surface area contributed by atoms with Crippen molar-refractivity contribution in [2.45, 2.75) is 40.0 Å². The molecule has 2 rings (SSSR count). The molecule has 2 aromatic rings. The van der Waals surface area contributed by atoms with Crippen LogP contribution in [0.5, 0.6) is 0 Å². The maximum atomic E-state index is 13.8. The zero-order valence-corrected chi connectivity index (χ0v) is 12.9. The molecule has 0 amide bonds. The van der Waals surface area contributed by atoms with Crippen LogP contribution in [0, 0.1) is 12.7 Å². The third-order valence-corrected chi connectivity index (χ3v) is 3.43. The molecular weight excluding hydrogens is 265 g/mol. The summed E-state index contributed by atoms with van der Waals surface area (Å²) in [6.07, 6.45) is 4.45. The summed E-state index contributed by atoms with van der Waals surface area (Å²) < 4.78 is 13.8. The number of benzene rings is 1. The second kappa shape index (κ2) is 7.16. The van der Waals surface area contributed by atoms with Gasteiger partial charge in [-0.2, -0.15) is 0 Å². The van der Waals surface area contributed by atoms with Gasteiger partial charge in [0.05, 0.1) is 5.69 Å². The molecule has 0 saturated carbocycles. The fourth-order valence-electron chi connectivity index (χ4n) is 2.28. The first-order valence-corrected chi connectivity index (χ1v) is 7.51. The summed E-state index contributed by atoms with van der Waals surface area (Å²) in [6.45, 7) is 6.87. The monoisotopic (exact) mass is 287 g/mol. The highest BCUT2D eigenvalue weighted by atomic mass is 19.1. The Morgan fingerprint density at radius 2 is 1.95 bits per heavy atom. The second-order valence-corrected chi connectivity index (χ2v) is 5.19. The molecule has 1 N–H and O–H groups in total. The smallest absolute Gasteiger partial charge is 0.133 e. The quantitative estimate of drug-likeness (QED) is 0.857. The van der Waals surface area contributed by atoms with Crippen molar-refractivity contribution in [3.05, 3.63) is 41.5 Å². The van der Waals surface area contributed by atoms with Gasteiger partial charge in [0, 0.05) is 17.7 Å². The number of rotatable bonds is 6. The summed E-state index contributed by atoms with van der Waals surface area (Å²) in [5.74, 6) is 0.668. The molecule has 0 aliphatic rings. The molecule has 0 spiro atoms. The zero-order valence-electron chi connectivity index (χ0n) is 12.9. The van der Waals surface area contributed by atoms with E-state index in [1.54, 1.807) is 25.4 Å². The Bertz CT molecular complexity index is 611. The molecule has 0 aliphatic heterocycles. The van der Waals surface area contributed by atoms with Gasteiger partial charge in [-0.25, -0.2) is 14.4 Å². The van der Waals surface area contributed by atoms with Gasteiger partial charge in [-0.1, -0.05) is 32.4 Å². The molecule has 0 fully saturated rings. The highest BCUT2D eigenvalue weighted by Crippen LogP contribution is 2.28. The van der Waals surface area contributed by atoms with Crippen molar-refractivity contribution in [1.82, 2.24) is 9.97 Å². The summed E-state index contributed by atoms with van der Waals surface area (Å²) >= 11 is 0. The third kappa shape index (κ3) is 3.57. The molecular formula is C17H22FN3. The molecule has 0 unspecified atom stereocenters. The Balaban J connectivity index is 2.48. The summed E-state index contributed by atoms with van der Waals surface area (Å²) in [6, 6.07) is 5.27. The van der Waals surface area contributed by atoms with Crippen molar-refractivity contribution >= 4 is 5.82 Å². The van der Waals surface area contributed by atoms with Gasteiger partial charge >= 0.3 is 0 Å². The Morgan fingerprint density at radius 3 is 2.62 bits per heavy atom. The lowest BCUT2D eigenvalue weighted by atomic mass is 10.0. The van der Waals surface area contributed by atoms with Crippen LogP contribution in [-0.2, 0) is 6.42 Å². The Hall–Kier alpha value is -1.97. The van der Waals surface area contributed by atoms with Crippen molar-refractivity contribution < 1.29 is 4.39 Å². The van der Waals surface area contributed by atoms with Gasteiger partial charge in [0.1, 0.15) is 18.0 Å². The van der Waals surface area contributed by atoms with Crippen LogP contribution < -0.4 is 5.32 Å².